The van der Waals surface area contributed by atoms with Crippen LogP contribution in [0.1, 0.15) is 51.1 Å². The lowest BCUT2D eigenvalue weighted by Crippen LogP contribution is -2.52. The fraction of sp³-hybridized carbons (Fsp3) is 0.345. The largest absolute Gasteiger partial charge is 0.496 e. The number of aryl methyl sites for hydroxylation is 1. The minimum Gasteiger partial charge on any atom is -0.496 e. The molecular weight excluding hydrogens is 495 g/mol. The lowest BCUT2D eigenvalue weighted by atomic mass is 9.65. The van der Waals surface area contributed by atoms with Gasteiger partial charge in [0.05, 0.1) is 23.9 Å². The Morgan fingerprint density at radius 3 is 2.63 bits per heavy atom. The van der Waals surface area contributed by atoms with Gasteiger partial charge in [-0.15, -0.1) is 0 Å². The van der Waals surface area contributed by atoms with Gasteiger partial charge in [0.25, 0.3) is 11.8 Å². The number of methoxy groups -OCH3 is 1. The molecule has 38 heavy (non-hydrogen) atoms. The molecule has 3 aromatic rings. The second-order valence-electron chi connectivity index (χ2n) is 10.2. The molecule has 1 saturated heterocycles. The van der Waals surface area contributed by atoms with Gasteiger partial charge in [-0.3, -0.25) is 14.6 Å². The van der Waals surface area contributed by atoms with E-state index in [9.17, 15) is 22.8 Å². The Morgan fingerprint density at radius 1 is 1.11 bits per heavy atom. The summed E-state index contributed by atoms with van der Waals surface area (Å²) in [6.07, 6.45) is -0.706. The maximum atomic E-state index is 13.2. The zero-order valence-corrected chi connectivity index (χ0v) is 21.1. The molecule has 1 aliphatic carbocycles. The van der Waals surface area contributed by atoms with Crippen LogP contribution in [-0.4, -0.2) is 47.9 Å². The predicted molar refractivity (Wildman–Crippen MR) is 136 cm³/mol. The number of pyridine rings is 1. The molecule has 2 aromatic carbocycles. The van der Waals surface area contributed by atoms with Crippen LogP contribution in [0, 0.1) is 12.3 Å². The van der Waals surface area contributed by atoms with Crippen molar-refractivity contribution in [2.75, 3.05) is 20.2 Å². The first-order valence-corrected chi connectivity index (χ1v) is 12.5. The molecule has 2 aliphatic rings. The van der Waals surface area contributed by atoms with Crippen LogP contribution in [0.3, 0.4) is 0 Å². The summed E-state index contributed by atoms with van der Waals surface area (Å²) >= 11 is 0. The molecule has 0 radical (unpaired) electrons. The molecule has 198 valence electrons. The molecule has 1 N–H and O–H groups in total. The van der Waals surface area contributed by atoms with Gasteiger partial charge in [-0.05, 0) is 73.6 Å². The van der Waals surface area contributed by atoms with E-state index in [0.717, 1.165) is 37.0 Å². The number of benzene rings is 2. The molecule has 1 saturated carbocycles. The van der Waals surface area contributed by atoms with Gasteiger partial charge in [0, 0.05) is 36.5 Å². The van der Waals surface area contributed by atoms with Crippen LogP contribution in [0.4, 0.5) is 13.2 Å². The normalized spacial score (nSPS) is 20.8. The highest BCUT2D eigenvalue weighted by Gasteiger charge is 2.50. The number of carbonyl (C=O) groups excluding carboxylic acids is 2. The highest BCUT2D eigenvalue weighted by Crippen LogP contribution is 2.48. The summed E-state index contributed by atoms with van der Waals surface area (Å²) in [7, 11) is 1.58. The third-order valence-corrected chi connectivity index (χ3v) is 7.59. The molecule has 1 spiro atoms. The lowest BCUT2D eigenvalue weighted by Gasteiger charge is -2.45. The summed E-state index contributed by atoms with van der Waals surface area (Å²) in [5, 5.41) is 3.01. The van der Waals surface area contributed by atoms with Crippen LogP contribution < -0.4 is 10.1 Å². The molecule has 0 atom stereocenters. The van der Waals surface area contributed by atoms with Gasteiger partial charge in [0.15, 0.2) is 0 Å². The van der Waals surface area contributed by atoms with Crippen LogP contribution in [0.15, 0.2) is 60.8 Å². The van der Waals surface area contributed by atoms with Gasteiger partial charge >= 0.3 is 6.18 Å². The SMILES string of the molecule is COc1cc(C(=O)N2CCC3(CC(NC(=O)c4cccnc4-c4cccc(C(F)(F)F)c4)C3)C2)ccc1C. The number of halogens is 3. The van der Waals surface area contributed by atoms with Crippen molar-refractivity contribution < 1.29 is 27.5 Å². The molecule has 9 heteroatoms. The van der Waals surface area contributed by atoms with Gasteiger partial charge in [0.2, 0.25) is 0 Å². The summed E-state index contributed by atoms with van der Waals surface area (Å²) in [5.41, 5.74) is 1.38. The van der Waals surface area contributed by atoms with E-state index in [1.807, 2.05) is 24.0 Å². The molecule has 1 aromatic heterocycles. The number of nitrogens with one attached hydrogen (secondary N) is 1. The number of nitrogens with zero attached hydrogens (tertiary/aromatic N) is 2. The Hall–Kier alpha value is -3.88. The highest BCUT2D eigenvalue weighted by molar-refractivity contribution is 6.00. The third kappa shape index (κ3) is 4.97. The standard InChI is InChI=1S/C29H28F3N3O3/c1-18-8-9-20(14-24(18)38-2)27(37)35-12-10-28(17-35)15-22(16-28)34-26(36)23-7-4-11-33-25(23)19-5-3-6-21(13-19)29(30,31)32/h3-9,11,13-14,22H,10,12,15-17H2,1-2H3,(H,34,36). The van der Waals surface area contributed by atoms with E-state index < -0.39 is 11.7 Å². The number of hydrogen-bond acceptors (Lipinski definition) is 4. The van der Waals surface area contributed by atoms with Crippen LogP contribution in [-0.2, 0) is 6.18 Å². The van der Waals surface area contributed by atoms with Crippen molar-refractivity contribution in [2.24, 2.45) is 5.41 Å². The molecule has 0 unspecified atom stereocenters. The van der Waals surface area contributed by atoms with Crippen LogP contribution in [0.5, 0.6) is 5.75 Å². The van der Waals surface area contributed by atoms with E-state index in [0.29, 0.717) is 24.4 Å². The zero-order chi connectivity index (χ0) is 27.1. The molecule has 2 amide bonds. The van der Waals surface area contributed by atoms with Crippen LogP contribution in [0.25, 0.3) is 11.3 Å². The van der Waals surface area contributed by atoms with Crippen molar-refractivity contribution in [2.45, 2.75) is 38.4 Å². The van der Waals surface area contributed by atoms with E-state index in [4.69, 9.17) is 4.74 Å². The molecule has 2 heterocycles. The van der Waals surface area contributed by atoms with E-state index >= 15 is 0 Å². The van der Waals surface area contributed by atoms with E-state index in [-0.39, 0.29) is 40.1 Å². The number of ether oxygens (including phenoxy) is 1. The minimum atomic E-state index is -4.49. The average Bonchev–Trinajstić information content (AvgIpc) is 3.33. The summed E-state index contributed by atoms with van der Waals surface area (Å²) in [4.78, 5) is 32.3. The Morgan fingerprint density at radius 2 is 1.89 bits per heavy atom. The number of rotatable bonds is 5. The minimum absolute atomic E-state index is 0.0336. The predicted octanol–water partition coefficient (Wildman–Crippen LogP) is 5.51. The lowest BCUT2D eigenvalue weighted by molar-refractivity contribution is -0.137. The van der Waals surface area contributed by atoms with Crippen molar-refractivity contribution in [1.29, 1.82) is 0 Å². The summed E-state index contributed by atoms with van der Waals surface area (Å²) in [6, 6.07) is 13.4. The maximum Gasteiger partial charge on any atom is 0.416 e. The third-order valence-electron chi connectivity index (χ3n) is 7.59. The average molecular weight is 524 g/mol. The van der Waals surface area contributed by atoms with Gasteiger partial charge < -0.3 is 15.0 Å². The Balaban J connectivity index is 1.23. The van der Waals surface area contributed by atoms with E-state index in [2.05, 4.69) is 10.3 Å². The quantitative estimate of drug-likeness (QED) is 0.479. The molecule has 5 rings (SSSR count). The van der Waals surface area contributed by atoms with Crippen molar-refractivity contribution >= 4 is 11.8 Å². The Kier molecular flexibility index (Phi) is 6.63. The number of likely N-dealkylation sites (tertiary alicyclic amines) is 1. The van der Waals surface area contributed by atoms with Crippen LogP contribution in [0.2, 0.25) is 0 Å². The monoisotopic (exact) mass is 523 g/mol. The van der Waals surface area contributed by atoms with Crippen molar-refractivity contribution in [1.82, 2.24) is 15.2 Å². The summed E-state index contributed by atoms with van der Waals surface area (Å²) < 4.78 is 45.0. The first kappa shape index (κ1) is 25.8. The maximum absolute atomic E-state index is 13.2. The van der Waals surface area contributed by atoms with E-state index in [1.54, 1.807) is 25.3 Å². The van der Waals surface area contributed by atoms with Crippen molar-refractivity contribution in [3.63, 3.8) is 0 Å². The Labute approximate surface area is 218 Å². The number of hydrogen-bond donors (Lipinski definition) is 1. The van der Waals surface area contributed by atoms with Gasteiger partial charge in [-0.2, -0.15) is 13.2 Å². The summed E-state index contributed by atoms with van der Waals surface area (Å²) in [5.74, 6) is 0.271. The van der Waals surface area contributed by atoms with Crippen LogP contribution >= 0.6 is 0 Å². The molecule has 1 aliphatic heterocycles. The van der Waals surface area contributed by atoms with E-state index in [1.165, 1.54) is 18.3 Å². The second-order valence-corrected chi connectivity index (χ2v) is 10.2. The molecule has 6 nitrogen and oxygen atoms in total. The number of carbonyl (C=O) groups is 2. The zero-order valence-electron chi connectivity index (χ0n) is 21.1. The fourth-order valence-electron chi connectivity index (χ4n) is 5.59. The second kappa shape index (κ2) is 9.78. The molecule has 0 bridgehead atoms. The Bertz CT molecular complexity index is 1380. The molecule has 2 fully saturated rings. The summed E-state index contributed by atoms with van der Waals surface area (Å²) in [6.45, 7) is 3.20. The molecular formula is C29H28F3N3O3. The van der Waals surface area contributed by atoms with Gasteiger partial charge in [0.1, 0.15) is 5.75 Å². The topological polar surface area (TPSA) is 71.5 Å². The number of alkyl halides is 3. The first-order valence-electron chi connectivity index (χ1n) is 12.5. The fourth-order valence-corrected chi connectivity index (χ4v) is 5.59. The van der Waals surface area contributed by atoms with Crippen molar-refractivity contribution in [3.8, 4) is 17.0 Å². The van der Waals surface area contributed by atoms with Crippen molar-refractivity contribution in [3.05, 3.63) is 83.0 Å². The van der Waals surface area contributed by atoms with Gasteiger partial charge in [-0.25, -0.2) is 0 Å². The highest BCUT2D eigenvalue weighted by atomic mass is 19.4. The smallest absolute Gasteiger partial charge is 0.416 e. The number of amides is 2. The number of aromatic nitrogens is 1. The first-order chi connectivity index (χ1) is 18.1. The van der Waals surface area contributed by atoms with Gasteiger partial charge in [-0.1, -0.05) is 18.2 Å².